The minimum atomic E-state index is 0. The van der Waals surface area contributed by atoms with Gasteiger partial charge in [0.2, 0.25) is 0 Å². The van der Waals surface area contributed by atoms with Crippen LogP contribution in [0.15, 0.2) is 60.7 Å². The highest BCUT2D eigenvalue weighted by molar-refractivity contribution is 5.59. The van der Waals surface area contributed by atoms with Crippen molar-refractivity contribution in [3.05, 3.63) is 77.4 Å². The first-order valence-electron chi connectivity index (χ1n) is 15.5. The van der Waals surface area contributed by atoms with E-state index >= 15 is 0 Å². The Hall–Kier alpha value is -2.68. The maximum Gasteiger partial charge on any atom is 0.133 e. The molecular weight excluding hydrogens is 591 g/mol. The molecule has 5 rings (SSSR count). The van der Waals surface area contributed by atoms with Crippen LogP contribution in [0.1, 0.15) is 30.0 Å². The predicted molar refractivity (Wildman–Crippen MR) is 181 cm³/mol. The molecule has 0 aliphatic carbocycles. The molecule has 3 unspecified atom stereocenters. The molecule has 0 spiro atoms. The van der Waals surface area contributed by atoms with Gasteiger partial charge in [-0.2, -0.15) is 0 Å². The molecule has 244 valence electrons. The molecule has 7 nitrogen and oxygen atoms in total. The van der Waals surface area contributed by atoms with E-state index in [0.717, 1.165) is 83.8 Å². The van der Waals surface area contributed by atoms with Gasteiger partial charge < -0.3 is 55.7 Å². The van der Waals surface area contributed by atoms with E-state index in [1.807, 2.05) is 12.1 Å². The summed E-state index contributed by atoms with van der Waals surface area (Å²) in [7, 11) is 4.61. The standard InChI is InChI=1S/C20H28N3.C15H26N3O.2ClH/c1-15-6-5-7-19(12-15)23(4)11-10-22(14-17(23)3)18-8-9-20(21)16(2)13-18;1-13-12-14(4-5-15(13)16)17-6-3-8-18(2,9-7-17)10-11-19;;/h5-9,12-13,17H,10-11,14,21H2,1-4H3;4-5,12,19H,3,6-11,16H2,1-2H3;2*1H/q2*+1;;/p-2. The van der Waals surface area contributed by atoms with Crippen molar-refractivity contribution >= 4 is 28.4 Å². The van der Waals surface area contributed by atoms with Crippen LogP contribution in [-0.2, 0) is 0 Å². The van der Waals surface area contributed by atoms with Crippen molar-refractivity contribution in [3.63, 3.8) is 0 Å². The van der Waals surface area contributed by atoms with Gasteiger partial charge in [0.1, 0.15) is 24.8 Å². The third-order valence-electron chi connectivity index (χ3n) is 9.80. The number of nitrogen functional groups attached to an aromatic ring is 2. The van der Waals surface area contributed by atoms with Crippen molar-refractivity contribution in [2.24, 2.45) is 0 Å². The van der Waals surface area contributed by atoms with Crippen molar-refractivity contribution in [2.45, 2.75) is 40.2 Å². The van der Waals surface area contributed by atoms with Crippen LogP contribution in [0.5, 0.6) is 0 Å². The molecule has 2 aliphatic heterocycles. The molecule has 0 radical (unpaired) electrons. The second kappa shape index (κ2) is 16.1. The van der Waals surface area contributed by atoms with E-state index in [-0.39, 0.29) is 31.4 Å². The van der Waals surface area contributed by atoms with Gasteiger partial charge >= 0.3 is 0 Å². The second-order valence-electron chi connectivity index (χ2n) is 13.1. The fourth-order valence-corrected chi connectivity index (χ4v) is 6.37. The lowest BCUT2D eigenvalue weighted by Crippen LogP contribution is -3.00. The van der Waals surface area contributed by atoms with Gasteiger partial charge in [0.05, 0.1) is 53.4 Å². The number of halogens is 2. The molecule has 0 saturated carbocycles. The highest BCUT2D eigenvalue weighted by atomic mass is 35.5. The highest BCUT2D eigenvalue weighted by Crippen LogP contribution is 2.31. The molecule has 0 aromatic heterocycles. The molecule has 0 amide bonds. The molecular formula is C35H54Cl2N6O. The summed E-state index contributed by atoms with van der Waals surface area (Å²) in [4.78, 5) is 4.93. The number of aryl methyl sites for hydroxylation is 3. The van der Waals surface area contributed by atoms with Gasteiger partial charge in [-0.3, -0.25) is 4.48 Å². The number of aliphatic hydroxyl groups excluding tert-OH is 1. The molecule has 2 fully saturated rings. The predicted octanol–water partition coefficient (Wildman–Crippen LogP) is -1.03. The van der Waals surface area contributed by atoms with Gasteiger partial charge in [0.15, 0.2) is 0 Å². The Morgan fingerprint density at radius 2 is 1.36 bits per heavy atom. The number of hydrogen-bond donors (Lipinski definition) is 3. The van der Waals surface area contributed by atoms with Crippen LogP contribution in [0.4, 0.5) is 28.4 Å². The number of likely N-dealkylation sites (N-methyl/N-ethyl adjacent to an activating group) is 2. The summed E-state index contributed by atoms with van der Waals surface area (Å²) in [5.41, 5.74) is 21.2. The fourth-order valence-electron chi connectivity index (χ4n) is 6.37. The van der Waals surface area contributed by atoms with Crippen LogP contribution >= 0.6 is 0 Å². The topological polar surface area (TPSA) is 78.8 Å². The van der Waals surface area contributed by atoms with Crippen LogP contribution in [-0.4, -0.2) is 88.7 Å². The third-order valence-corrected chi connectivity index (χ3v) is 9.80. The first-order chi connectivity index (χ1) is 19.9. The summed E-state index contributed by atoms with van der Waals surface area (Å²) in [6.45, 7) is 17.4. The minimum absolute atomic E-state index is 0. The SMILES string of the molecule is Cc1cc(N2CCC[N+](C)(CCO)CC2)ccc1N.Cc1cccc([N+]2(C)CCN(c3ccc(N)c(C)c3)CC2C)c1.[Cl-].[Cl-]. The molecule has 3 aromatic carbocycles. The fraction of sp³-hybridized carbons (Fsp3) is 0.486. The third kappa shape index (κ3) is 8.95. The lowest BCUT2D eigenvalue weighted by Gasteiger charge is -2.47. The number of rotatable bonds is 5. The number of nitrogens with zero attached hydrogens (tertiary/aromatic N) is 4. The van der Waals surface area contributed by atoms with Crippen molar-refractivity contribution in [2.75, 3.05) is 94.3 Å². The smallest absolute Gasteiger partial charge is 0.133 e. The van der Waals surface area contributed by atoms with Crippen LogP contribution in [0.2, 0.25) is 0 Å². The highest BCUT2D eigenvalue weighted by Gasteiger charge is 2.37. The van der Waals surface area contributed by atoms with Crippen LogP contribution in [0.25, 0.3) is 0 Å². The Labute approximate surface area is 278 Å². The van der Waals surface area contributed by atoms with E-state index in [1.165, 1.54) is 29.0 Å². The Morgan fingerprint density at radius 3 is 1.91 bits per heavy atom. The van der Waals surface area contributed by atoms with Gasteiger partial charge in [0.25, 0.3) is 0 Å². The summed E-state index contributed by atoms with van der Waals surface area (Å²) >= 11 is 0. The summed E-state index contributed by atoms with van der Waals surface area (Å²) < 4.78 is 1.98. The second-order valence-corrected chi connectivity index (χ2v) is 13.1. The summed E-state index contributed by atoms with van der Waals surface area (Å²) in [5.74, 6) is 0. The number of quaternary nitrogens is 2. The largest absolute Gasteiger partial charge is 1.00 e. The Bertz CT molecular complexity index is 1360. The lowest BCUT2D eigenvalue weighted by atomic mass is 10.1. The zero-order valence-electron chi connectivity index (χ0n) is 27.6. The monoisotopic (exact) mass is 644 g/mol. The molecule has 3 aromatic rings. The maximum absolute atomic E-state index is 9.18. The van der Waals surface area contributed by atoms with Crippen molar-refractivity contribution in [3.8, 4) is 0 Å². The van der Waals surface area contributed by atoms with Crippen LogP contribution in [0, 0.1) is 20.8 Å². The Kier molecular flexibility index (Phi) is 13.7. The van der Waals surface area contributed by atoms with E-state index < -0.39 is 0 Å². The normalized spacial score (nSPS) is 23.4. The quantitative estimate of drug-likeness (QED) is 0.245. The molecule has 3 atom stereocenters. The van der Waals surface area contributed by atoms with E-state index in [9.17, 15) is 5.11 Å². The number of piperazine rings is 1. The molecule has 0 bridgehead atoms. The Balaban J connectivity index is 0.000000299. The van der Waals surface area contributed by atoms with E-state index in [0.29, 0.717) is 6.04 Å². The zero-order valence-corrected chi connectivity index (χ0v) is 29.1. The van der Waals surface area contributed by atoms with Crippen molar-refractivity contribution < 1.29 is 34.4 Å². The summed E-state index contributed by atoms with van der Waals surface area (Å²) in [6, 6.07) is 22.2. The first kappa shape index (κ1) is 37.5. The number of hydrogen-bond acceptors (Lipinski definition) is 5. The van der Waals surface area contributed by atoms with E-state index in [2.05, 4.69) is 100 Å². The molecule has 2 heterocycles. The first-order valence-corrected chi connectivity index (χ1v) is 15.5. The van der Waals surface area contributed by atoms with Gasteiger partial charge in [-0.05, 0) is 86.8 Å². The van der Waals surface area contributed by atoms with Crippen molar-refractivity contribution in [1.82, 2.24) is 4.48 Å². The van der Waals surface area contributed by atoms with Gasteiger partial charge in [-0.25, -0.2) is 0 Å². The zero-order chi connectivity index (χ0) is 30.5. The van der Waals surface area contributed by atoms with Crippen molar-refractivity contribution in [1.29, 1.82) is 0 Å². The van der Waals surface area contributed by atoms with Gasteiger partial charge in [-0.1, -0.05) is 12.1 Å². The number of benzene rings is 3. The minimum Gasteiger partial charge on any atom is -1.00 e. The maximum atomic E-state index is 9.18. The molecule has 9 heteroatoms. The number of anilines is 4. The van der Waals surface area contributed by atoms with Gasteiger partial charge in [0, 0.05) is 41.8 Å². The lowest BCUT2D eigenvalue weighted by molar-refractivity contribution is -0.907. The molecule has 2 aliphatic rings. The van der Waals surface area contributed by atoms with Crippen LogP contribution in [0.3, 0.4) is 0 Å². The number of aliphatic hydroxyl groups is 1. The van der Waals surface area contributed by atoms with E-state index in [1.54, 1.807) is 0 Å². The summed E-state index contributed by atoms with van der Waals surface area (Å²) in [6.07, 6.45) is 1.17. The molecule has 5 N–H and O–H groups in total. The molecule has 44 heavy (non-hydrogen) atoms. The average molecular weight is 646 g/mol. The summed E-state index contributed by atoms with van der Waals surface area (Å²) in [5, 5.41) is 9.18. The van der Waals surface area contributed by atoms with E-state index in [4.69, 9.17) is 11.5 Å². The van der Waals surface area contributed by atoms with Gasteiger partial charge in [-0.15, -0.1) is 0 Å². The Morgan fingerprint density at radius 1 is 0.773 bits per heavy atom. The average Bonchev–Trinajstić information content (AvgIpc) is 3.15. The van der Waals surface area contributed by atoms with Crippen LogP contribution < -0.4 is 50.6 Å². The molecule has 2 saturated heterocycles. The number of nitrogens with two attached hydrogens (primary N) is 2.